The summed E-state index contributed by atoms with van der Waals surface area (Å²) >= 11 is 6.03. The van der Waals surface area contributed by atoms with Crippen LogP contribution in [0.4, 0.5) is 10.6 Å². The van der Waals surface area contributed by atoms with Gasteiger partial charge in [0.25, 0.3) is 5.91 Å². The first-order chi connectivity index (χ1) is 19.3. The summed E-state index contributed by atoms with van der Waals surface area (Å²) in [6.07, 6.45) is -2.74. The SMILES string of the molecule is CC(C)(C)OC(=O)NC(CCNC(=O)C1OC(n2cnc3c(N)nc(Cl)nc32)C2OC(C)(C)OC12)C(=O)OC(C)(C)C. The van der Waals surface area contributed by atoms with Gasteiger partial charge in [0.05, 0.1) is 6.33 Å². The summed E-state index contributed by atoms with van der Waals surface area (Å²) in [7, 11) is 0. The van der Waals surface area contributed by atoms with E-state index in [0.717, 1.165) is 0 Å². The predicted octanol–water partition coefficient (Wildman–Crippen LogP) is 2.22. The average Bonchev–Trinajstić information content (AvgIpc) is 3.46. The number of esters is 1. The van der Waals surface area contributed by atoms with Crippen LogP contribution in [0.3, 0.4) is 0 Å². The van der Waals surface area contributed by atoms with E-state index in [0.29, 0.717) is 11.2 Å². The molecule has 2 fully saturated rings. The lowest BCUT2D eigenvalue weighted by Crippen LogP contribution is -2.48. The Morgan fingerprint density at radius 1 is 1.10 bits per heavy atom. The molecule has 5 atom stereocenters. The summed E-state index contributed by atoms with van der Waals surface area (Å²) in [5.41, 5.74) is 5.01. The van der Waals surface area contributed by atoms with Crippen LogP contribution in [-0.4, -0.2) is 85.4 Å². The Kier molecular flexibility index (Phi) is 8.62. The highest BCUT2D eigenvalue weighted by atomic mass is 35.5. The number of halogens is 1. The maximum atomic E-state index is 13.4. The van der Waals surface area contributed by atoms with Crippen LogP contribution < -0.4 is 16.4 Å². The lowest BCUT2D eigenvalue weighted by molar-refractivity contribution is -0.197. The maximum absolute atomic E-state index is 13.4. The zero-order valence-electron chi connectivity index (χ0n) is 24.9. The minimum Gasteiger partial charge on any atom is -0.458 e. The zero-order chi connectivity index (χ0) is 31.2. The lowest BCUT2D eigenvalue weighted by atomic mass is 10.1. The first kappa shape index (κ1) is 31.7. The zero-order valence-corrected chi connectivity index (χ0v) is 25.6. The number of amides is 2. The summed E-state index contributed by atoms with van der Waals surface area (Å²) in [5, 5.41) is 5.22. The van der Waals surface area contributed by atoms with Crippen molar-refractivity contribution in [2.24, 2.45) is 0 Å². The number of anilines is 1. The average molecular weight is 612 g/mol. The van der Waals surface area contributed by atoms with Crippen molar-refractivity contribution < 1.29 is 38.1 Å². The fourth-order valence-electron chi connectivity index (χ4n) is 4.62. The Morgan fingerprint density at radius 2 is 1.74 bits per heavy atom. The van der Waals surface area contributed by atoms with E-state index in [4.69, 9.17) is 41.0 Å². The van der Waals surface area contributed by atoms with Crippen LogP contribution in [0, 0.1) is 0 Å². The smallest absolute Gasteiger partial charge is 0.408 e. The minimum atomic E-state index is -1.09. The molecule has 4 rings (SSSR count). The Balaban J connectivity index is 1.47. The molecule has 2 aromatic rings. The predicted molar refractivity (Wildman–Crippen MR) is 149 cm³/mol. The van der Waals surface area contributed by atoms with Gasteiger partial charge < -0.3 is 40.1 Å². The molecular weight excluding hydrogens is 574 g/mol. The Hall–Kier alpha value is -3.27. The quantitative estimate of drug-likeness (QED) is 0.306. The molecule has 42 heavy (non-hydrogen) atoms. The highest BCUT2D eigenvalue weighted by Gasteiger charge is 2.58. The first-order valence-corrected chi connectivity index (χ1v) is 13.9. The van der Waals surface area contributed by atoms with Crippen LogP contribution in [0.25, 0.3) is 11.2 Å². The third-order valence-electron chi connectivity index (χ3n) is 6.10. The summed E-state index contributed by atoms with van der Waals surface area (Å²) < 4.78 is 30.6. The van der Waals surface area contributed by atoms with Gasteiger partial charge in [-0.2, -0.15) is 9.97 Å². The summed E-state index contributed by atoms with van der Waals surface area (Å²) in [5.74, 6) is -2.08. The van der Waals surface area contributed by atoms with Crippen molar-refractivity contribution in [1.82, 2.24) is 30.2 Å². The molecule has 2 aromatic heterocycles. The molecule has 4 N–H and O–H groups in total. The molecule has 2 aliphatic rings. The minimum absolute atomic E-state index is 0.00191. The van der Waals surface area contributed by atoms with Crippen molar-refractivity contribution in [3.05, 3.63) is 11.6 Å². The second kappa shape index (κ2) is 11.4. The maximum Gasteiger partial charge on any atom is 0.408 e. The van der Waals surface area contributed by atoms with E-state index in [1.54, 1.807) is 60.0 Å². The third-order valence-corrected chi connectivity index (χ3v) is 6.27. The summed E-state index contributed by atoms with van der Waals surface area (Å²) in [4.78, 5) is 51.0. The fourth-order valence-corrected chi connectivity index (χ4v) is 4.79. The van der Waals surface area contributed by atoms with E-state index in [-0.39, 0.29) is 24.1 Å². The van der Waals surface area contributed by atoms with Gasteiger partial charge in [-0.1, -0.05) is 0 Å². The number of carbonyl (C=O) groups excluding carboxylic acids is 3. The number of imidazole rings is 1. The topological polar surface area (TPSA) is 191 Å². The number of alkyl carbamates (subject to hydrolysis) is 1. The molecule has 0 saturated carbocycles. The molecular formula is C26H38ClN7O8. The number of hydrogen-bond donors (Lipinski definition) is 3. The molecule has 2 amide bonds. The van der Waals surface area contributed by atoms with Crippen molar-refractivity contribution in [3.63, 3.8) is 0 Å². The molecule has 15 nitrogen and oxygen atoms in total. The van der Waals surface area contributed by atoms with Gasteiger partial charge in [0.1, 0.15) is 35.0 Å². The van der Waals surface area contributed by atoms with Crippen molar-refractivity contribution >= 4 is 46.6 Å². The van der Waals surface area contributed by atoms with E-state index in [1.165, 1.54) is 6.33 Å². The number of fused-ring (bicyclic) bond motifs is 2. The van der Waals surface area contributed by atoms with Gasteiger partial charge in [-0.25, -0.2) is 14.6 Å². The second-order valence-electron chi connectivity index (χ2n) is 12.5. The Morgan fingerprint density at radius 3 is 2.38 bits per heavy atom. The molecule has 0 aromatic carbocycles. The monoisotopic (exact) mass is 611 g/mol. The molecule has 0 bridgehead atoms. The normalized spacial score (nSPS) is 24.2. The third kappa shape index (κ3) is 7.38. The van der Waals surface area contributed by atoms with Gasteiger partial charge in [0.15, 0.2) is 29.6 Å². The Labute approximate surface area is 248 Å². The lowest BCUT2D eigenvalue weighted by Gasteiger charge is -2.26. The van der Waals surface area contributed by atoms with Gasteiger partial charge in [-0.3, -0.25) is 9.36 Å². The van der Waals surface area contributed by atoms with Gasteiger partial charge in [-0.15, -0.1) is 0 Å². The fraction of sp³-hybridized carbons (Fsp3) is 0.692. The molecule has 16 heteroatoms. The highest BCUT2D eigenvalue weighted by molar-refractivity contribution is 6.28. The molecule has 2 saturated heterocycles. The number of nitrogens with zero attached hydrogens (tertiary/aromatic N) is 4. The van der Waals surface area contributed by atoms with E-state index in [1.807, 2.05) is 0 Å². The van der Waals surface area contributed by atoms with Crippen LogP contribution >= 0.6 is 11.6 Å². The number of nitrogens with one attached hydrogen (secondary N) is 2. The van der Waals surface area contributed by atoms with Crippen molar-refractivity contribution in [3.8, 4) is 0 Å². The molecule has 232 valence electrons. The van der Waals surface area contributed by atoms with Crippen LogP contribution in [0.5, 0.6) is 0 Å². The van der Waals surface area contributed by atoms with E-state index in [2.05, 4.69) is 25.6 Å². The number of nitrogen functional groups attached to an aromatic ring is 1. The van der Waals surface area contributed by atoms with Crippen LogP contribution in [0.2, 0.25) is 5.28 Å². The van der Waals surface area contributed by atoms with Gasteiger partial charge in [0.2, 0.25) is 5.28 Å². The van der Waals surface area contributed by atoms with Gasteiger partial charge in [0, 0.05) is 6.54 Å². The van der Waals surface area contributed by atoms with Crippen molar-refractivity contribution in [2.45, 2.75) is 109 Å². The largest absolute Gasteiger partial charge is 0.458 e. The molecule has 5 unspecified atom stereocenters. The summed E-state index contributed by atoms with van der Waals surface area (Å²) in [6.45, 7) is 13.7. The van der Waals surface area contributed by atoms with Crippen LogP contribution in [0.15, 0.2) is 6.33 Å². The number of carbonyl (C=O) groups is 3. The summed E-state index contributed by atoms with van der Waals surface area (Å²) in [6, 6.07) is -1.08. The van der Waals surface area contributed by atoms with Crippen LogP contribution in [-0.2, 0) is 33.3 Å². The van der Waals surface area contributed by atoms with E-state index < -0.39 is 65.5 Å². The molecule has 4 heterocycles. The van der Waals surface area contributed by atoms with E-state index >= 15 is 0 Å². The van der Waals surface area contributed by atoms with Crippen molar-refractivity contribution in [1.29, 1.82) is 0 Å². The van der Waals surface area contributed by atoms with E-state index in [9.17, 15) is 14.4 Å². The highest BCUT2D eigenvalue weighted by Crippen LogP contribution is 2.44. The van der Waals surface area contributed by atoms with Crippen LogP contribution in [0.1, 0.15) is 68.0 Å². The Bertz CT molecular complexity index is 1350. The molecule has 0 spiro atoms. The molecule has 0 aliphatic carbocycles. The van der Waals surface area contributed by atoms with Gasteiger partial charge >= 0.3 is 12.1 Å². The standard InChI is InChI=1S/C26H38ClN7O8/c1-24(2,3)41-21(36)12(31-23(37)42-25(4,5)6)9-10-29-19(35)15-14-16(40-26(7,8)39-14)20(38-15)34-11-30-13-17(28)32-22(27)33-18(13)34/h11-12,14-16,20H,9-10H2,1-8H3,(H,29,35)(H,31,37)(H2,28,32,33). The van der Waals surface area contributed by atoms with Gasteiger partial charge in [-0.05, 0) is 73.4 Å². The first-order valence-electron chi connectivity index (χ1n) is 13.5. The second-order valence-corrected chi connectivity index (χ2v) is 12.9. The number of nitrogens with two attached hydrogens (primary N) is 1. The number of ether oxygens (including phenoxy) is 5. The molecule has 0 radical (unpaired) electrons. The number of rotatable bonds is 7. The number of aromatic nitrogens is 4. The van der Waals surface area contributed by atoms with Crippen molar-refractivity contribution in [2.75, 3.05) is 12.3 Å². The number of hydrogen-bond acceptors (Lipinski definition) is 12. The molecule has 2 aliphatic heterocycles.